The van der Waals surface area contributed by atoms with Gasteiger partial charge in [-0.2, -0.15) is 4.98 Å². The summed E-state index contributed by atoms with van der Waals surface area (Å²) in [6.07, 6.45) is 2.41. The molecule has 2 rings (SSSR count). The van der Waals surface area contributed by atoms with Crippen LogP contribution in [0.25, 0.3) is 0 Å². The number of sulfone groups is 1. The lowest BCUT2D eigenvalue weighted by Gasteiger charge is -2.20. The first kappa shape index (κ1) is 13.5. The highest BCUT2D eigenvalue weighted by atomic mass is 32.2. The van der Waals surface area contributed by atoms with E-state index in [4.69, 9.17) is 4.52 Å². The highest BCUT2D eigenvalue weighted by Crippen LogP contribution is 2.22. The Hall–Kier alpha value is -0.950. The van der Waals surface area contributed by atoms with Crippen LogP contribution in [-0.2, 0) is 22.7 Å². The second-order valence-corrected chi connectivity index (χ2v) is 7.25. The summed E-state index contributed by atoms with van der Waals surface area (Å²) in [5.74, 6) is 1.03. The standard InChI is InChI=1S/C11H18N2O4S/c1-8(14)6-11-12-10(13-17-11)7-9-4-2-3-5-18(9,15)16/h8-9,14H,2-7H2,1H3. The number of aliphatic hydroxyl groups excluding tert-OH is 1. The van der Waals surface area contributed by atoms with Gasteiger partial charge in [-0.15, -0.1) is 0 Å². The van der Waals surface area contributed by atoms with Crippen LogP contribution < -0.4 is 0 Å². The SMILES string of the molecule is CC(O)Cc1nc(CC2CCCCS2(=O)=O)no1. The largest absolute Gasteiger partial charge is 0.393 e. The predicted molar refractivity (Wildman–Crippen MR) is 64.8 cm³/mol. The third kappa shape index (κ3) is 3.29. The van der Waals surface area contributed by atoms with E-state index in [9.17, 15) is 13.5 Å². The quantitative estimate of drug-likeness (QED) is 0.859. The van der Waals surface area contributed by atoms with Crippen molar-refractivity contribution in [2.75, 3.05) is 5.75 Å². The van der Waals surface area contributed by atoms with Crippen molar-refractivity contribution in [1.82, 2.24) is 10.1 Å². The van der Waals surface area contributed by atoms with Crippen molar-refractivity contribution in [3.05, 3.63) is 11.7 Å². The van der Waals surface area contributed by atoms with Crippen LogP contribution in [0.15, 0.2) is 4.52 Å². The van der Waals surface area contributed by atoms with Gasteiger partial charge in [-0.1, -0.05) is 11.6 Å². The summed E-state index contributed by atoms with van der Waals surface area (Å²) in [5.41, 5.74) is 0. The monoisotopic (exact) mass is 274 g/mol. The van der Waals surface area contributed by atoms with Gasteiger partial charge in [-0.3, -0.25) is 0 Å². The fourth-order valence-corrected chi connectivity index (χ4v) is 4.03. The molecule has 2 heterocycles. The van der Waals surface area contributed by atoms with Gasteiger partial charge < -0.3 is 9.63 Å². The Labute approximate surface area is 106 Å². The molecule has 18 heavy (non-hydrogen) atoms. The van der Waals surface area contributed by atoms with Crippen molar-refractivity contribution >= 4 is 9.84 Å². The molecule has 1 aliphatic rings. The first-order valence-electron chi connectivity index (χ1n) is 6.18. The highest BCUT2D eigenvalue weighted by Gasteiger charge is 2.30. The number of hydrogen-bond donors (Lipinski definition) is 1. The Morgan fingerprint density at radius 1 is 1.50 bits per heavy atom. The van der Waals surface area contributed by atoms with Crippen LogP contribution in [-0.4, -0.2) is 40.8 Å². The van der Waals surface area contributed by atoms with E-state index in [1.807, 2.05) is 0 Å². The third-order valence-corrected chi connectivity index (χ3v) is 5.38. The predicted octanol–water partition coefficient (Wildman–Crippen LogP) is 0.503. The van der Waals surface area contributed by atoms with Gasteiger partial charge in [0.15, 0.2) is 15.7 Å². The summed E-state index contributed by atoms with van der Waals surface area (Å²) in [6, 6.07) is 0. The lowest BCUT2D eigenvalue weighted by atomic mass is 10.1. The summed E-state index contributed by atoms with van der Waals surface area (Å²) >= 11 is 0. The maximum absolute atomic E-state index is 11.8. The van der Waals surface area contributed by atoms with Gasteiger partial charge in [0, 0.05) is 6.42 Å². The molecule has 0 spiro atoms. The zero-order valence-electron chi connectivity index (χ0n) is 10.4. The van der Waals surface area contributed by atoms with Crippen molar-refractivity contribution in [3.8, 4) is 0 Å². The molecule has 2 atom stereocenters. The number of rotatable bonds is 4. The van der Waals surface area contributed by atoms with Gasteiger partial charge in [-0.25, -0.2) is 8.42 Å². The fraction of sp³-hybridized carbons (Fsp3) is 0.818. The van der Waals surface area contributed by atoms with Crippen molar-refractivity contribution < 1.29 is 18.0 Å². The van der Waals surface area contributed by atoms with E-state index in [-0.39, 0.29) is 11.0 Å². The van der Waals surface area contributed by atoms with E-state index in [0.29, 0.717) is 31.0 Å². The molecular weight excluding hydrogens is 256 g/mol. The van der Waals surface area contributed by atoms with Crippen LogP contribution in [0.2, 0.25) is 0 Å². The van der Waals surface area contributed by atoms with Gasteiger partial charge in [-0.05, 0) is 19.8 Å². The van der Waals surface area contributed by atoms with E-state index < -0.39 is 15.9 Å². The van der Waals surface area contributed by atoms with E-state index in [1.54, 1.807) is 6.92 Å². The molecular formula is C11H18N2O4S. The molecule has 0 aromatic carbocycles. The molecule has 1 saturated heterocycles. The summed E-state index contributed by atoms with van der Waals surface area (Å²) in [4.78, 5) is 4.11. The van der Waals surface area contributed by atoms with Gasteiger partial charge >= 0.3 is 0 Å². The van der Waals surface area contributed by atoms with Crippen molar-refractivity contribution in [3.63, 3.8) is 0 Å². The number of nitrogens with zero attached hydrogens (tertiary/aromatic N) is 2. The second-order valence-electron chi connectivity index (χ2n) is 4.85. The summed E-state index contributed by atoms with van der Waals surface area (Å²) in [6.45, 7) is 1.63. The molecule has 1 N–H and O–H groups in total. The van der Waals surface area contributed by atoms with Gasteiger partial charge in [0.2, 0.25) is 5.89 Å². The zero-order valence-corrected chi connectivity index (χ0v) is 11.2. The Morgan fingerprint density at radius 2 is 2.28 bits per heavy atom. The number of aliphatic hydroxyl groups is 1. The Morgan fingerprint density at radius 3 is 2.94 bits per heavy atom. The minimum Gasteiger partial charge on any atom is -0.393 e. The molecule has 7 heteroatoms. The molecule has 0 saturated carbocycles. The average molecular weight is 274 g/mol. The summed E-state index contributed by atoms with van der Waals surface area (Å²) in [5, 5.41) is 12.6. The summed E-state index contributed by atoms with van der Waals surface area (Å²) < 4.78 is 28.7. The minimum atomic E-state index is -3.01. The maximum Gasteiger partial charge on any atom is 0.229 e. The van der Waals surface area contributed by atoms with Crippen LogP contribution in [0.4, 0.5) is 0 Å². The molecule has 0 bridgehead atoms. The van der Waals surface area contributed by atoms with E-state index in [1.165, 1.54) is 0 Å². The van der Waals surface area contributed by atoms with E-state index in [2.05, 4.69) is 10.1 Å². The maximum atomic E-state index is 11.8. The number of hydrogen-bond acceptors (Lipinski definition) is 6. The molecule has 2 unspecified atom stereocenters. The topological polar surface area (TPSA) is 93.3 Å². The first-order chi connectivity index (χ1) is 8.47. The van der Waals surface area contributed by atoms with E-state index in [0.717, 1.165) is 12.8 Å². The molecule has 1 fully saturated rings. The molecule has 0 aliphatic carbocycles. The Kier molecular flexibility index (Phi) is 4.01. The Bertz CT molecular complexity index is 495. The smallest absolute Gasteiger partial charge is 0.229 e. The highest BCUT2D eigenvalue weighted by molar-refractivity contribution is 7.92. The minimum absolute atomic E-state index is 0.260. The van der Waals surface area contributed by atoms with Crippen LogP contribution >= 0.6 is 0 Å². The lowest BCUT2D eigenvalue weighted by molar-refractivity contribution is 0.181. The fourth-order valence-electron chi connectivity index (χ4n) is 2.16. The average Bonchev–Trinajstić information content (AvgIpc) is 2.68. The van der Waals surface area contributed by atoms with Crippen LogP contribution in [0.3, 0.4) is 0 Å². The second kappa shape index (κ2) is 5.36. The zero-order chi connectivity index (χ0) is 13.2. The lowest BCUT2D eigenvalue weighted by Crippen LogP contribution is -2.30. The van der Waals surface area contributed by atoms with E-state index >= 15 is 0 Å². The molecule has 0 radical (unpaired) electrons. The van der Waals surface area contributed by atoms with Crippen LogP contribution in [0, 0.1) is 0 Å². The van der Waals surface area contributed by atoms with Crippen LogP contribution in [0.5, 0.6) is 0 Å². The van der Waals surface area contributed by atoms with Gasteiger partial charge in [0.1, 0.15) is 0 Å². The van der Waals surface area contributed by atoms with Crippen molar-refractivity contribution in [2.24, 2.45) is 0 Å². The number of aromatic nitrogens is 2. The molecule has 0 amide bonds. The normalized spacial score (nSPS) is 24.9. The van der Waals surface area contributed by atoms with Gasteiger partial charge in [0.05, 0.1) is 23.5 Å². The van der Waals surface area contributed by atoms with Gasteiger partial charge in [0.25, 0.3) is 0 Å². The molecule has 1 aromatic heterocycles. The Balaban J connectivity index is 2.02. The molecule has 1 aliphatic heterocycles. The molecule has 6 nitrogen and oxygen atoms in total. The first-order valence-corrected chi connectivity index (χ1v) is 7.90. The van der Waals surface area contributed by atoms with Crippen molar-refractivity contribution in [2.45, 2.75) is 50.4 Å². The van der Waals surface area contributed by atoms with Crippen LogP contribution in [0.1, 0.15) is 37.9 Å². The summed E-state index contributed by atoms with van der Waals surface area (Å²) in [7, 11) is -3.01. The molecule has 1 aromatic rings. The van der Waals surface area contributed by atoms with Crippen molar-refractivity contribution in [1.29, 1.82) is 0 Å². The molecule has 102 valence electrons. The third-order valence-electron chi connectivity index (χ3n) is 3.10.